The molecule has 0 fully saturated rings. The van der Waals surface area contributed by atoms with Crippen LogP contribution in [-0.4, -0.2) is 40.2 Å². The number of hydrogen-bond donors (Lipinski definition) is 1. The summed E-state index contributed by atoms with van der Waals surface area (Å²) >= 11 is 0. The Bertz CT molecular complexity index is 1290. The number of rotatable bonds is 6. The van der Waals surface area contributed by atoms with Crippen molar-refractivity contribution in [2.45, 2.75) is 20.8 Å². The average molecular weight is 445 g/mol. The second kappa shape index (κ2) is 9.07. The molecule has 3 heterocycles. The topological polar surface area (TPSA) is 112 Å². The molecule has 4 aromatic rings. The number of aryl methyl sites for hydroxylation is 3. The zero-order valence-corrected chi connectivity index (χ0v) is 19.0. The summed E-state index contributed by atoms with van der Waals surface area (Å²) in [5, 5.41) is 6.94. The predicted octanol–water partition coefficient (Wildman–Crippen LogP) is 4.39. The molecule has 33 heavy (non-hydrogen) atoms. The Hall–Kier alpha value is -4.27. The fourth-order valence-electron chi connectivity index (χ4n) is 3.60. The average Bonchev–Trinajstić information content (AvgIpc) is 3.21. The zero-order chi connectivity index (χ0) is 23.5. The van der Waals surface area contributed by atoms with Gasteiger partial charge in [0.25, 0.3) is 5.91 Å². The highest BCUT2D eigenvalue weighted by molar-refractivity contribution is 6.09. The number of pyridine rings is 1. The lowest BCUT2D eigenvalue weighted by molar-refractivity contribution is 0.102. The van der Waals surface area contributed by atoms with Gasteiger partial charge in [0.05, 0.1) is 31.3 Å². The third kappa shape index (κ3) is 4.25. The molecule has 3 aromatic heterocycles. The Labute approximate surface area is 190 Å². The van der Waals surface area contributed by atoms with E-state index in [4.69, 9.17) is 14.0 Å². The van der Waals surface area contributed by atoms with Gasteiger partial charge >= 0.3 is 6.01 Å². The molecule has 0 bridgehead atoms. The normalized spacial score (nSPS) is 10.7. The number of amides is 1. The first-order valence-corrected chi connectivity index (χ1v) is 10.2. The molecule has 0 unspecified atom stereocenters. The smallest absolute Gasteiger partial charge is 0.316 e. The van der Waals surface area contributed by atoms with Crippen molar-refractivity contribution in [1.82, 2.24) is 20.1 Å². The standard InChI is InChI=1S/C24H23N5O4/c1-13-19(14(2)26-24(25-13)32-5)17-11-12-18(23(28-17)31-4)27-22(30)20-15(3)33-29-21(20)16-9-7-6-8-10-16/h6-12H,1-5H3,(H,27,30). The minimum atomic E-state index is -0.374. The molecule has 9 nitrogen and oxygen atoms in total. The summed E-state index contributed by atoms with van der Waals surface area (Å²) in [7, 11) is 3.01. The van der Waals surface area contributed by atoms with Crippen LogP contribution >= 0.6 is 0 Å². The maximum atomic E-state index is 13.2. The molecule has 1 aromatic carbocycles. The van der Waals surface area contributed by atoms with Gasteiger partial charge in [0, 0.05) is 11.1 Å². The molecular weight excluding hydrogens is 422 g/mol. The van der Waals surface area contributed by atoms with Crippen LogP contribution in [0.5, 0.6) is 11.9 Å². The minimum Gasteiger partial charge on any atom is -0.479 e. The maximum Gasteiger partial charge on any atom is 0.316 e. The van der Waals surface area contributed by atoms with Gasteiger partial charge in [-0.1, -0.05) is 35.5 Å². The number of carbonyl (C=O) groups is 1. The van der Waals surface area contributed by atoms with E-state index in [-0.39, 0.29) is 11.8 Å². The van der Waals surface area contributed by atoms with E-state index in [1.165, 1.54) is 14.2 Å². The number of aromatic nitrogens is 4. The minimum absolute atomic E-state index is 0.255. The van der Waals surface area contributed by atoms with Crippen molar-refractivity contribution in [1.29, 1.82) is 0 Å². The molecule has 0 saturated heterocycles. The number of nitrogens with one attached hydrogen (secondary N) is 1. The molecule has 0 atom stereocenters. The van der Waals surface area contributed by atoms with Crippen molar-refractivity contribution in [3.8, 4) is 34.4 Å². The quantitative estimate of drug-likeness (QED) is 0.465. The number of nitrogens with zero attached hydrogens (tertiary/aromatic N) is 4. The van der Waals surface area contributed by atoms with Crippen LogP contribution in [0.25, 0.3) is 22.5 Å². The van der Waals surface area contributed by atoms with Crippen molar-refractivity contribution >= 4 is 11.6 Å². The Balaban J connectivity index is 1.67. The Kier molecular flexibility index (Phi) is 6.03. The van der Waals surface area contributed by atoms with E-state index in [1.807, 2.05) is 44.2 Å². The summed E-state index contributed by atoms with van der Waals surface area (Å²) in [6, 6.07) is 13.2. The van der Waals surface area contributed by atoms with Crippen molar-refractivity contribution in [2.75, 3.05) is 19.5 Å². The van der Waals surface area contributed by atoms with Gasteiger partial charge in [0.1, 0.15) is 22.7 Å². The number of anilines is 1. The van der Waals surface area contributed by atoms with Crippen LogP contribution < -0.4 is 14.8 Å². The Morgan fingerprint density at radius 2 is 1.61 bits per heavy atom. The molecular formula is C24H23N5O4. The summed E-state index contributed by atoms with van der Waals surface area (Å²) in [5.74, 6) is 0.294. The van der Waals surface area contributed by atoms with E-state index in [0.29, 0.717) is 34.4 Å². The fourth-order valence-corrected chi connectivity index (χ4v) is 3.60. The van der Waals surface area contributed by atoms with E-state index in [2.05, 4.69) is 25.4 Å². The van der Waals surface area contributed by atoms with E-state index in [1.54, 1.807) is 19.1 Å². The van der Waals surface area contributed by atoms with Crippen LogP contribution in [0.4, 0.5) is 5.69 Å². The third-order valence-electron chi connectivity index (χ3n) is 5.13. The summed E-state index contributed by atoms with van der Waals surface area (Å²) in [6.45, 7) is 5.41. The molecule has 0 aliphatic rings. The van der Waals surface area contributed by atoms with Crippen LogP contribution in [-0.2, 0) is 0 Å². The van der Waals surface area contributed by atoms with E-state index in [0.717, 1.165) is 22.5 Å². The number of carbonyl (C=O) groups excluding carboxylic acids is 1. The number of ether oxygens (including phenoxy) is 2. The van der Waals surface area contributed by atoms with Gasteiger partial charge in [-0.25, -0.2) is 4.98 Å². The molecule has 168 valence electrons. The highest BCUT2D eigenvalue weighted by Crippen LogP contribution is 2.32. The second-order valence-electron chi connectivity index (χ2n) is 7.29. The van der Waals surface area contributed by atoms with E-state index >= 15 is 0 Å². The summed E-state index contributed by atoms with van der Waals surface area (Å²) in [6.07, 6.45) is 0. The largest absolute Gasteiger partial charge is 0.479 e. The van der Waals surface area contributed by atoms with Crippen LogP contribution in [0.3, 0.4) is 0 Å². The maximum absolute atomic E-state index is 13.2. The number of hydrogen-bond acceptors (Lipinski definition) is 8. The molecule has 1 N–H and O–H groups in total. The van der Waals surface area contributed by atoms with Crippen molar-refractivity contribution in [3.63, 3.8) is 0 Å². The van der Waals surface area contributed by atoms with Crippen LogP contribution in [0.1, 0.15) is 27.5 Å². The summed E-state index contributed by atoms with van der Waals surface area (Å²) in [4.78, 5) is 26.4. The monoisotopic (exact) mass is 445 g/mol. The van der Waals surface area contributed by atoms with Crippen LogP contribution in [0.15, 0.2) is 47.0 Å². The second-order valence-corrected chi connectivity index (χ2v) is 7.29. The van der Waals surface area contributed by atoms with Crippen molar-refractivity contribution in [2.24, 2.45) is 0 Å². The molecule has 4 rings (SSSR count). The molecule has 0 spiro atoms. The van der Waals surface area contributed by atoms with Gasteiger partial charge in [0.15, 0.2) is 0 Å². The Morgan fingerprint density at radius 1 is 0.909 bits per heavy atom. The molecule has 1 amide bonds. The lowest BCUT2D eigenvalue weighted by atomic mass is 10.1. The van der Waals surface area contributed by atoms with E-state index < -0.39 is 0 Å². The lowest BCUT2D eigenvalue weighted by Crippen LogP contribution is -2.15. The van der Waals surface area contributed by atoms with E-state index in [9.17, 15) is 4.79 Å². The van der Waals surface area contributed by atoms with Crippen molar-refractivity contribution in [3.05, 3.63) is 65.2 Å². The number of benzene rings is 1. The fraction of sp³-hybridized carbons (Fsp3) is 0.208. The van der Waals surface area contributed by atoms with Crippen molar-refractivity contribution < 1.29 is 18.8 Å². The molecule has 0 aliphatic carbocycles. The SMILES string of the molecule is COc1nc(C)c(-c2ccc(NC(=O)c3c(-c4ccccc4)noc3C)c(OC)n2)c(C)n1. The molecule has 0 aliphatic heterocycles. The Morgan fingerprint density at radius 3 is 2.24 bits per heavy atom. The van der Waals surface area contributed by atoms with Gasteiger partial charge in [-0.3, -0.25) is 4.79 Å². The first kappa shape index (κ1) is 21.9. The van der Waals surface area contributed by atoms with Gasteiger partial charge < -0.3 is 19.3 Å². The number of methoxy groups -OCH3 is 2. The summed E-state index contributed by atoms with van der Waals surface area (Å²) < 4.78 is 15.9. The molecule has 0 radical (unpaired) electrons. The van der Waals surface area contributed by atoms with Gasteiger partial charge in [-0.05, 0) is 32.9 Å². The van der Waals surface area contributed by atoms with Crippen LogP contribution in [0, 0.1) is 20.8 Å². The van der Waals surface area contributed by atoms with Gasteiger partial charge in [-0.2, -0.15) is 9.97 Å². The third-order valence-corrected chi connectivity index (χ3v) is 5.13. The first-order valence-electron chi connectivity index (χ1n) is 10.2. The highest BCUT2D eigenvalue weighted by atomic mass is 16.5. The van der Waals surface area contributed by atoms with Gasteiger partial charge in [0.2, 0.25) is 5.88 Å². The molecule has 9 heteroatoms. The zero-order valence-electron chi connectivity index (χ0n) is 19.0. The first-order chi connectivity index (χ1) is 15.9. The van der Waals surface area contributed by atoms with Gasteiger partial charge in [-0.15, -0.1) is 0 Å². The lowest BCUT2D eigenvalue weighted by Gasteiger charge is -2.13. The highest BCUT2D eigenvalue weighted by Gasteiger charge is 2.23. The predicted molar refractivity (Wildman–Crippen MR) is 122 cm³/mol. The summed E-state index contributed by atoms with van der Waals surface area (Å²) in [5.41, 5.74) is 4.85. The van der Waals surface area contributed by atoms with Crippen LogP contribution in [0.2, 0.25) is 0 Å². The molecule has 0 saturated carbocycles.